The summed E-state index contributed by atoms with van der Waals surface area (Å²) in [5, 5.41) is 35.6. The number of carboxylic acids is 1. The number of hydrogen-bond acceptors (Lipinski definition) is 8. The number of aliphatic carboxylic acids is 1. The first-order valence-electron chi connectivity index (χ1n) is 14.1. The van der Waals surface area contributed by atoms with Crippen LogP contribution >= 0.6 is 0 Å². The molecule has 2 atom stereocenters. The van der Waals surface area contributed by atoms with E-state index in [-0.39, 0.29) is 38.2 Å². The zero-order chi connectivity index (χ0) is 29.6. The summed E-state index contributed by atoms with van der Waals surface area (Å²) in [6.07, 6.45) is 2.56. The molecule has 1 saturated heterocycles. The van der Waals surface area contributed by atoms with Crippen LogP contribution in [0.4, 0.5) is 0 Å². The molecule has 3 heterocycles. The summed E-state index contributed by atoms with van der Waals surface area (Å²) < 4.78 is 10.5. The molecule has 14 heteroatoms. The van der Waals surface area contributed by atoms with Crippen molar-refractivity contribution in [3.63, 3.8) is 0 Å². The van der Waals surface area contributed by atoms with Crippen LogP contribution in [0.3, 0.4) is 0 Å². The zero-order valence-corrected chi connectivity index (χ0v) is 22.9. The zero-order valence-electron chi connectivity index (χ0n) is 22.9. The summed E-state index contributed by atoms with van der Waals surface area (Å²) in [7, 11) is -2.25. The van der Waals surface area contributed by atoms with Crippen LogP contribution in [0.2, 0.25) is 0 Å². The molecule has 2 fully saturated rings. The van der Waals surface area contributed by atoms with Gasteiger partial charge in [0.1, 0.15) is 6.04 Å². The predicted octanol–water partition coefficient (Wildman–Crippen LogP) is -0.961. The number of carbonyl (C=O) groups excluding carboxylic acids is 3. The number of nitrogens with one attached hydrogen (secondary N) is 2. The van der Waals surface area contributed by atoms with Crippen LogP contribution in [-0.4, -0.2) is 82.1 Å². The molecule has 5 N–H and O–H groups in total. The van der Waals surface area contributed by atoms with Gasteiger partial charge < -0.3 is 40.0 Å². The molecular weight excluding hydrogens is 544 g/mol. The molecule has 2 aromatic rings. The Morgan fingerprint density at radius 1 is 0.929 bits per heavy atom. The number of amides is 3. The van der Waals surface area contributed by atoms with E-state index in [1.807, 2.05) is 0 Å². The number of carboxylic acid groups (broad SMARTS) is 1. The molecule has 12 nitrogen and oxygen atoms in total. The summed E-state index contributed by atoms with van der Waals surface area (Å²) >= 11 is 0. The lowest BCUT2D eigenvalue weighted by Gasteiger charge is -2.32. The van der Waals surface area contributed by atoms with E-state index in [2.05, 4.69) is 10.6 Å². The van der Waals surface area contributed by atoms with Crippen molar-refractivity contribution < 1.29 is 43.6 Å². The molecule has 0 spiro atoms. The van der Waals surface area contributed by atoms with Gasteiger partial charge in [0.25, 0.3) is 11.8 Å². The Labute approximate surface area is 242 Å². The Bertz CT molecular complexity index is 1450. The quantitative estimate of drug-likeness (QED) is 0.261. The van der Waals surface area contributed by atoms with Gasteiger partial charge in [0.2, 0.25) is 5.91 Å². The van der Waals surface area contributed by atoms with Crippen molar-refractivity contribution in [3.05, 3.63) is 58.7 Å². The van der Waals surface area contributed by atoms with Gasteiger partial charge in [0, 0.05) is 23.7 Å². The smallest absolute Gasteiger partial charge is 0.481 e. The summed E-state index contributed by atoms with van der Waals surface area (Å²) in [5.41, 5.74) is 2.25. The molecule has 4 aliphatic rings. The first kappa shape index (κ1) is 28.4. The van der Waals surface area contributed by atoms with E-state index in [0.717, 1.165) is 24.0 Å². The fourth-order valence-electron chi connectivity index (χ4n) is 6.58. The minimum Gasteiger partial charge on any atom is -0.481 e. The second-order valence-electron chi connectivity index (χ2n) is 11.6. The molecule has 218 valence electrons. The molecular formula is C28H31B2N3O9. The van der Waals surface area contributed by atoms with Crippen molar-refractivity contribution in [1.29, 1.82) is 0 Å². The van der Waals surface area contributed by atoms with Gasteiger partial charge >= 0.3 is 20.2 Å². The Hall–Kier alpha value is -3.71. The van der Waals surface area contributed by atoms with Gasteiger partial charge in [-0.15, -0.1) is 0 Å². The Balaban J connectivity index is 1.24. The second kappa shape index (κ2) is 11.2. The molecule has 0 bridgehead atoms. The largest absolute Gasteiger partial charge is 0.491 e. The molecule has 42 heavy (non-hydrogen) atoms. The first-order valence-corrected chi connectivity index (χ1v) is 14.1. The van der Waals surface area contributed by atoms with E-state index in [0.29, 0.717) is 29.3 Å². The topological polar surface area (TPSA) is 175 Å². The van der Waals surface area contributed by atoms with Crippen molar-refractivity contribution in [2.45, 2.75) is 69.4 Å². The van der Waals surface area contributed by atoms with Crippen LogP contribution in [-0.2, 0) is 32.1 Å². The van der Waals surface area contributed by atoms with E-state index >= 15 is 0 Å². The lowest BCUT2D eigenvalue weighted by molar-refractivity contribution is -0.139. The summed E-state index contributed by atoms with van der Waals surface area (Å²) in [6.45, 7) is 0.525. The normalized spacial score (nSPS) is 22.2. The third-order valence-electron chi connectivity index (χ3n) is 8.76. The predicted molar refractivity (Wildman–Crippen MR) is 150 cm³/mol. The lowest BCUT2D eigenvalue weighted by atomic mass is 9.78. The van der Waals surface area contributed by atoms with Crippen molar-refractivity contribution in [1.82, 2.24) is 15.5 Å². The van der Waals surface area contributed by atoms with Gasteiger partial charge in [-0.05, 0) is 65.6 Å². The van der Waals surface area contributed by atoms with E-state index in [4.69, 9.17) is 9.31 Å². The SMILES string of the molecule is O=C(O)CC1(NC(=O)[C@@H]2C[C@H](NC(=O)c3ccc4c(c3)B(O)OC4)CN2C(=O)c2ccc3c(c2)B(O)OC3)CCCC1. The molecule has 6 rings (SSSR count). The number of hydrogen-bond donors (Lipinski definition) is 5. The standard InChI is InChI=1S/C28H31B2N3O9/c34-24(35)12-28(7-1-2-8-28)32-26(37)23-11-20(31-25(36)16-3-5-18-14-41-29(39)21(18)9-16)13-33(23)27(38)17-4-6-19-15-42-30(40)22(19)10-17/h3-6,9-10,20,23,39-40H,1-2,7-8,11-15H2,(H,31,36)(H,32,37)(H,34,35)/t20-,23-/m0/s1. The molecule has 2 aromatic carbocycles. The third kappa shape index (κ3) is 5.42. The lowest BCUT2D eigenvalue weighted by Crippen LogP contribution is -2.54. The summed E-state index contributed by atoms with van der Waals surface area (Å²) in [5.74, 6) is -2.35. The van der Waals surface area contributed by atoms with Crippen LogP contribution in [0.5, 0.6) is 0 Å². The highest BCUT2D eigenvalue weighted by Gasteiger charge is 2.45. The highest BCUT2D eigenvalue weighted by atomic mass is 16.5. The Morgan fingerprint density at radius 2 is 1.52 bits per heavy atom. The number of nitrogens with zero attached hydrogens (tertiary/aromatic N) is 1. The van der Waals surface area contributed by atoms with E-state index < -0.39 is 55.6 Å². The molecule has 0 aromatic heterocycles. The molecule has 1 saturated carbocycles. The van der Waals surface area contributed by atoms with Crippen molar-refractivity contribution in [3.8, 4) is 0 Å². The third-order valence-corrected chi connectivity index (χ3v) is 8.76. The van der Waals surface area contributed by atoms with Crippen molar-refractivity contribution in [2.75, 3.05) is 6.54 Å². The maximum atomic E-state index is 13.8. The maximum absolute atomic E-state index is 13.8. The van der Waals surface area contributed by atoms with Crippen LogP contribution in [0.1, 0.15) is 70.4 Å². The number of benzene rings is 2. The molecule has 1 aliphatic carbocycles. The van der Waals surface area contributed by atoms with E-state index in [9.17, 15) is 34.3 Å². The van der Waals surface area contributed by atoms with E-state index in [1.165, 1.54) is 4.90 Å². The summed E-state index contributed by atoms with van der Waals surface area (Å²) in [4.78, 5) is 53.7. The highest BCUT2D eigenvalue weighted by molar-refractivity contribution is 6.62. The Kier molecular flexibility index (Phi) is 7.56. The number of fused-ring (bicyclic) bond motifs is 2. The number of likely N-dealkylation sites (tertiary alicyclic amines) is 1. The molecule has 0 radical (unpaired) electrons. The van der Waals surface area contributed by atoms with Gasteiger partial charge in [-0.3, -0.25) is 19.2 Å². The maximum Gasteiger partial charge on any atom is 0.491 e. The van der Waals surface area contributed by atoms with Gasteiger partial charge in [-0.1, -0.05) is 25.0 Å². The fourth-order valence-corrected chi connectivity index (χ4v) is 6.58. The average molecular weight is 575 g/mol. The van der Waals surface area contributed by atoms with Crippen molar-refractivity contribution in [2.24, 2.45) is 0 Å². The minimum atomic E-state index is -1.15. The minimum absolute atomic E-state index is 0.0431. The van der Waals surface area contributed by atoms with Gasteiger partial charge in [0.05, 0.1) is 25.2 Å². The van der Waals surface area contributed by atoms with E-state index in [1.54, 1.807) is 36.4 Å². The highest BCUT2D eigenvalue weighted by Crippen LogP contribution is 2.34. The number of carbonyl (C=O) groups is 4. The van der Waals surface area contributed by atoms with Crippen molar-refractivity contribution >= 4 is 48.9 Å². The van der Waals surface area contributed by atoms with Crippen LogP contribution in [0.25, 0.3) is 0 Å². The van der Waals surface area contributed by atoms with Crippen LogP contribution in [0, 0.1) is 0 Å². The molecule has 0 unspecified atom stereocenters. The van der Waals surface area contributed by atoms with Gasteiger partial charge in [0.15, 0.2) is 0 Å². The van der Waals surface area contributed by atoms with Crippen LogP contribution < -0.4 is 21.6 Å². The second-order valence-corrected chi connectivity index (χ2v) is 11.6. The van der Waals surface area contributed by atoms with Gasteiger partial charge in [-0.2, -0.15) is 0 Å². The Morgan fingerprint density at radius 3 is 2.14 bits per heavy atom. The first-order chi connectivity index (χ1) is 20.1. The molecule has 3 amide bonds. The van der Waals surface area contributed by atoms with Gasteiger partial charge in [-0.25, -0.2) is 0 Å². The average Bonchev–Trinajstić information content (AvgIpc) is 3.75. The summed E-state index contributed by atoms with van der Waals surface area (Å²) in [6, 6.07) is 8.25. The van der Waals surface area contributed by atoms with Crippen LogP contribution in [0.15, 0.2) is 36.4 Å². The number of rotatable bonds is 7. The monoisotopic (exact) mass is 575 g/mol. The molecule has 3 aliphatic heterocycles. The fraction of sp³-hybridized carbons (Fsp3) is 0.429.